The highest BCUT2D eigenvalue weighted by Crippen LogP contribution is 2.26. The van der Waals surface area contributed by atoms with Crippen molar-refractivity contribution in [3.8, 4) is 17.0 Å². The third-order valence-corrected chi connectivity index (χ3v) is 5.39. The van der Waals surface area contributed by atoms with Crippen molar-refractivity contribution in [1.29, 1.82) is 0 Å². The molecule has 0 saturated heterocycles. The van der Waals surface area contributed by atoms with Crippen LogP contribution in [0.4, 0.5) is 0 Å². The quantitative estimate of drug-likeness (QED) is 0.352. The average Bonchev–Trinajstić information content (AvgIpc) is 3.50. The number of aromatic nitrogens is 4. The third-order valence-electron chi connectivity index (χ3n) is 5.39. The zero-order valence-electron chi connectivity index (χ0n) is 19.7. The van der Waals surface area contributed by atoms with Crippen LogP contribution in [-0.2, 0) is 13.0 Å². The molecule has 0 aliphatic rings. The van der Waals surface area contributed by atoms with Gasteiger partial charge in [-0.2, -0.15) is 10.1 Å². The van der Waals surface area contributed by atoms with E-state index >= 15 is 0 Å². The van der Waals surface area contributed by atoms with Gasteiger partial charge in [-0.1, -0.05) is 61.5 Å². The highest BCUT2D eigenvalue weighted by molar-refractivity contribution is 5.99. The standard InChI is InChI=1S/C26H29N5O3/c1-18(2)25-28-23(34-30-25)13-8-14-27-26(32)22-17-31(16-19-9-5-4-6-10-19)29-24(22)20-11-7-12-21(15-20)33-3/h4-7,9-12,15,17-18H,8,13-14,16H2,1-3H3,(H,27,32). The van der Waals surface area contributed by atoms with Crippen molar-refractivity contribution in [2.45, 2.75) is 39.2 Å². The summed E-state index contributed by atoms with van der Waals surface area (Å²) in [7, 11) is 1.62. The van der Waals surface area contributed by atoms with E-state index in [1.165, 1.54) is 0 Å². The Hall–Kier alpha value is -3.94. The number of carbonyl (C=O) groups excluding carboxylic acids is 1. The van der Waals surface area contributed by atoms with Gasteiger partial charge in [-0.3, -0.25) is 9.48 Å². The molecular formula is C26H29N5O3. The highest BCUT2D eigenvalue weighted by atomic mass is 16.5. The number of carbonyl (C=O) groups is 1. The molecule has 0 saturated carbocycles. The Bertz CT molecular complexity index is 1230. The van der Waals surface area contributed by atoms with Gasteiger partial charge in [-0.05, 0) is 24.1 Å². The molecule has 4 aromatic rings. The fourth-order valence-electron chi connectivity index (χ4n) is 3.56. The first-order chi connectivity index (χ1) is 16.5. The SMILES string of the molecule is COc1cccc(-c2nn(Cc3ccccc3)cc2C(=O)NCCCc2nc(C(C)C)no2)c1. The van der Waals surface area contributed by atoms with Gasteiger partial charge in [0, 0.05) is 30.6 Å². The lowest BCUT2D eigenvalue weighted by Crippen LogP contribution is -2.25. The molecule has 2 aromatic heterocycles. The average molecular weight is 460 g/mol. The Morgan fingerprint density at radius 2 is 1.97 bits per heavy atom. The molecule has 2 heterocycles. The second-order valence-electron chi connectivity index (χ2n) is 8.37. The predicted molar refractivity (Wildman–Crippen MR) is 129 cm³/mol. The largest absolute Gasteiger partial charge is 0.497 e. The molecule has 0 fully saturated rings. The topological polar surface area (TPSA) is 95.1 Å². The van der Waals surface area contributed by atoms with Crippen LogP contribution >= 0.6 is 0 Å². The van der Waals surface area contributed by atoms with Gasteiger partial charge in [-0.15, -0.1) is 0 Å². The molecule has 1 N–H and O–H groups in total. The van der Waals surface area contributed by atoms with E-state index in [0.717, 1.165) is 11.1 Å². The third kappa shape index (κ3) is 5.70. The Kier molecular flexibility index (Phi) is 7.37. The maximum absolute atomic E-state index is 13.1. The summed E-state index contributed by atoms with van der Waals surface area (Å²) >= 11 is 0. The van der Waals surface area contributed by atoms with Crippen LogP contribution in [0.15, 0.2) is 65.3 Å². The maximum Gasteiger partial charge on any atom is 0.255 e. The molecule has 34 heavy (non-hydrogen) atoms. The number of hydrogen-bond acceptors (Lipinski definition) is 6. The van der Waals surface area contributed by atoms with Crippen LogP contribution in [-0.4, -0.2) is 39.5 Å². The van der Waals surface area contributed by atoms with Crippen molar-refractivity contribution in [3.05, 3.63) is 83.6 Å². The summed E-state index contributed by atoms with van der Waals surface area (Å²) in [5.74, 6) is 2.05. The first-order valence-corrected chi connectivity index (χ1v) is 11.4. The molecule has 0 atom stereocenters. The lowest BCUT2D eigenvalue weighted by Gasteiger charge is -2.06. The molecule has 2 aromatic carbocycles. The fraction of sp³-hybridized carbons (Fsp3) is 0.308. The summed E-state index contributed by atoms with van der Waals surface area (Å²) in [6, 6.07) is 17.6. The molecule has 0 aliphatic carbocycles. The van der Waals surface area contributed by atoms with E-state index < -0.39 is 0 Å². The first-order valence-electron chi connectivity index (χ1n) is 11.4. The minimum Gasteiger partial charge on any atom is -0.497 e. The zero-order valence-corrected chi connectivity index (χ0v) is 19.7. The van der Waals surface area contributed by atoms with Gasteiger partial charge in [-0.25, -0.2) is 0 Å². The summed E-state index contributed by atoms with van der Waals surface area (Å²) in [6.45, 7) is 5.10. The minimum absolute atomic E-state index is 0.175. The fourth-order valence-corrected chi connectivity index (χ4v) is 3.56. The molecule has 0 aliphatic heterocycles. The van der Waals surface area contributed by atoms with Crippen LogP contribution in [0.25, 0.3) is 11.3 Å². The number of benzene rings is 2. The lowest BCUT2D eigenvalue weighted by molar-refractivity contribution is 0.0953. The molecular weight excluding hydrogens is 430 g/mol. The molecule has 0 radical (unpaired) electrons. The van der Waals surface area contributed by atoms with Crippen LogP contribution in [0.2, 0.25) is 0 Å². The van der Waals surface area contributed by atoms with Crippen molar-refractivity contribution < 1.29 is 14.1 Å². The molecule has 0 bridgehead atoms. The second-order valence-corrected chi connectivity index (χ2v) is 8.37. The summed E-state index contributed by atoms with van der Waals surface area (Å²) in [5, 5.41) is 11.7. The number of methoxy groups -OCH3 is 1. The predicted octanol–water partition coefficient (Wildman–Crippen LogP) is 4.48. The van der Waals surface area contributed by atoms with Gasteiger partial charge in [0.2, 0.25) is 5.89 Å². The highest BCUT2D eigenvalue weighted by Gasteiger charge is 2.19. The normalized spacial score (nSPS) is 11.1. The smallest absolute Gasteiger partial charge is 0.255 e. The van der Waals surface area contributed by atoms with Crippen molar-refractivity contribution >= 4 is 5.91 Å². The van der Waals surface area contributed by atoms with E-state index in [1.54, 1.807) is 18.0 Å². The molecule has 176 valence electrons. The van der Waals surface area contributed by atoms with Crippen molar-refractivity contribution in [3.63, 3.8) is 0 Å². The van der Waals surface area contributed by atoms with E-state index in [2.05, 4.69) is 15.5 Å². The minimum atomic E-state index is -0.175. The summed E-state index contributed by atoms with van der Waals surface area (Å²) in [6.07, 6.45) is 3.10. The Morgan fingerprint density at radius 1 is 1.15 bits per heavy atom. The van der Waals surface area contributed by atoms with Crippen LogP contribution in [0.1, 0.15) is 53.8 Å². The number of nitrogens with one attached hydrogen (secondary N) is 1. The summed E-state index contributed by atoms with van der Waals surface area (Å²) in [5.41, 5.74) is 3.06. The van der Waals surface area contributed by atoms with Gasteiger partial charge in [0.25, 0.3) is 5.91 Å². The van der Waals surface area contributed by atoms with Crippen LogP contribution in [0, 0.1) is 0 Å². The van der Waals surface area contributed by atoms with E-state index in [1.807, 2.05) is 68.4 Å². The molecule has 1 amide bonds. The van der Waals surface area contributed by atoms with Gasteiger partial charge < -0.3 is 14.6 Å². The molecule has 4 rings (SSSR count). The van der Waals surface area contributed by atoms with Gasteiger partial charge >= 0.3 is 0 Å². The van der Waals surface area contributed by atoms with Gasteiger partial charge in [0.05, 0.1) is 19.2 Å². The van der Waals surface area contributed by atoms with Gasteiger partial charge in [0.1, 0.15) is 11.4 Å². The van der Waals surface area contributed by atoms with Crippen molar-refractivity contribution in [2.75, 3.05) is 13.7 Å². The van der Waals surface area contributed by atoms with E-state index in [9.17, 15) is 4.79 Å². The molecule has 8 heteroatoms. The number of amides is 1. The van der Waals surface area contributed by atoms with E-state index in [4.69, 9.17) is 14.4 Å². The van der Waals surface area contributed by atoms with Crippen molar-refractivity contribution in [2.24, 2.45) is 0 Å². The van der Waals surface area contributed by atoms with Crippen LogP contribution in [0.5, 0.6) is 5.75 Å². The maximum atomic E-state index is 13.1. The van der Waals surface area contributed by atoms with Crippen molar-refractivity contribution in [1.82, 2.24) is 25.2 Å². The van der Waals surface area contributed by atoms with Gasteiger partial charge in [0.15, 0.2) is 5.82 Å². The van der Waals surface area contributed by atoms with E-state index in [-0.39, 0.29) is 11.8 Å². The number of rotatable bonds is 10. The Balaban J connectivity index is 1.48. The number of ether oxygens (including phenoxy) is 1. The lowest BCUT2D eigenvalue weighted by atomic mass is 10.1. The monoisotopic (exact) mass is 459 g/mol. The Labute approximate surface area is 199 Å². The number of aryl methyl sites for hydroxylation is 1. The molecule has 0 spiro atoms. The first kappa shape index (κ1) is 23.2. The molecule has 0 unspecified atom stereocenters. The second kappa shape index (κ2) is 10.8. The number of hydrogen-bond donors (Lipinski definition) is 1. The van der Waals surface area contributed by atoms with E-state index in [0.29, 0.717) is 54.7 Å². The van der Waals surface area contributed by atoms with Crippen LogP contribution < -0.4 is 10.1 Å². The Morgan fingerprint density at radius 3 is 2.71 bits per heavy atom. The zero-order chi connectivity index (χ0) is 23.9. The number of nitrogens with zero attached hydrogens (tertiary/aromatic N) is 4. The molecule has 8 nitrogen and oxygen atoms in total. The van der Waals surface area contributed by atoms with Crippen LogP contribution in [0.3, 0.4) is 0 Å². The summed E-state index contributed by atoms with van der Waals surface area (Å²) in [4.78, 5) is 17.5. The summed E-state index contributed by atoms with van der Waals surface area (Å²) < 4.78 is 12.4.